The molecule has 1 aliphatic heterocycles. The van der Waals surface area contributed by atoms with Gasteiger partial charge in [0.25, 0.3) is 0 Å². The molecule has 0 spiro atoms. The summed E-state index contributed by atoms with van der Waals surface area (Å²) in [6, 6.07) is 12.2. The number of hydrogen-bond acceptors (Lipinski definition) is 3. The van der Waals surface area contributed by atoms with E-state index in [0.29, 0.717) is 12.5 Å². The minimum atomic E-state index is -0.161. The van der Waals surface area contributed by atoms with E-state index in [0.717, 1.165) is 22.1 Å². The highest BCUT2D eigenvalue weighted by molar-refractivity contribution is 6.04. The first-order valence-electron chi connectivity index (χ1n) is 6.39. The molecule has 0 amide bonds. The number of methoxy groups -OCH3 is 1. The van der Waals surface area contributed by atoms with E-state index in [9.17, 15) is 0 Å². The molecule has 0 fully saturated rings. The maximum Gasteiger partial charge on any atom is 0.220 e. The van der Waals surface area contributed by atoms with Gasteiger partial charge in [0.15, 0.2) is 0 Å². The number of fused-ring (bicyclic) bond motifs is 1. The summed E-state index contributed by atoms with van der Waals surface area (Å²) in [5.41, 5.74) is 0.762. The summed E-state index contributed by atoms with van der Waals surface area (Å²) >= 11 is 0. The lowest BCUT2D eigenvalue weighted by molar-refractivity contribution is 0.278. The monoisotopic (exact) mass is 291 g/mol. The Labute approximate surface area is 125 Å². The SMILES string of the molecule is COc1c(C2=NC(C)(C)CO2)ccc2ccccc12.Cl. The van der Waals surface area contributed by atoms with E-state index >= 15 is 0 Å². The van der Waals surface area contributed by atoms with Crippen LogP contribution in [0.25, 0.3) is 10.8 Å². The normalized spacial score (nSPS) is 16.2. The van der Waals surface area contributed by atoms with Gasteiger partial charge in [0, 0.05) is 5.39 Å². The molecule has 0 bridgehead atoms. The molecular formula is C16H18ClNO2. The Kier molecular flexibility index (Phi) is 3.91. The summed E-state index contributed by atoms with van der Waals surface area (Å²) in [4.78, 5) is 4.62. The summed E-state index contributed by atoms with van der Waals surface area (Å²) in [5.74, 6) is 1.50. The van der Waals surface area contributed by atoms with E-state index in [1.54, 1.807) is 7.11 Å². The molecule has 2 aromatic rings. The van der Waals surface area contributed by atoms with Gasteiger partial charge < -0.3 is 9.47 Å². The maximum atomic E-state index is 5.72. The minimum Gasteiger partial charge on any atom is -0.495 e. The molecule has 0 aliphatic carbocycles. The second kappa shape index (κ2) is 5.33. The van der Waals surface area contributed by atoms with Gasteiger partial charge in [-0.3, -0.25) is 0 Å². The van der Waals surface area contributed by atoms with Crippen LogP contribution in [0.2, 0.25) is 0 Å². The van der Waals surface area contributed by atoms with Crippen molar-refractivity contribution in [2.24, 2.45) is 4.99 Å². The van der Waals surface area contributed by atoms with Gasteiger partial charge in [-0.1, -0.05) is 30.3 Å². The molecule has 0 aromatic heterocycles. The first kappa shape index (κ1) is 14.7. The molecule has 0 radical (unpaired) electrons. The van der Waals surface area contributed by atoms with Crippen LogP contribution < -0.4 is 4.74 Å². The van der Waals surface area contributed by atoms with Crippen molar-refractivity contribution in [2.45, 2.75) is 19.4 Å². The van der Waals surface area contributed by atoms with Gasteiger partial charge in [0.05, 0.1) is 18.2 Å². The van der Waals surface area contributed by atoms with Crippen LogP contribution in [0, 0.1) is 0 Å². The zero-order valence-corrected chi connectivity index (χ0v) is 12.7. The number of aliphatic imine (C=N–C) groups is 1. The Morgan fingerprint density at radius 3 is 2.55 bits per heavy atom. The standard InChI is InChI=1S/C16H17NO2.ClH/c1-16(2)10-19-15(17-16)13-9-8-11-6-4-5-7-12(11)14(13)18-3;/h4-9H,10H2,1-3H3;1H. The molecule has 2 aromatic carbocycles. The molecule has 0 N–H and O–H groups in total. The molecule has 20 heavy (non-hydrogen) atoms. The summed E-state index contributed by atoms with van der Waals surface area (Å²) in [5, 5.41) is 2.24. The molecule has 0 saturated heterocycles. The van der Waals surface area contributed by atoms with Gasteiger partial charge >= 0.3 is 0 Å². The molecule has 4 heteroatoms. The van der Waals surface area contributed by atoms with Crippen LogP contribution in [0.1, 0.15) is 19.4 Å². The van der Waals surface area contributed by atoms with Crippen LogP contribution in [0.3, 0.4) is 0 Å². The van der Waals surface area contributed by atoms with Crippen molar-refractivity contribution < 1.29 is 9.47 Å². The Bertz CT molecular complexity index is 665. The van der Waals surface area contributed by atoms with E-state index in [2.05, 4.69) is 37.0 Å². The summed E-state index contributed by atoms with van der Waals surface area (Å²) < 4.78 is 11.3. The maximum absolute atomic E-state index is 5.72. The molecule has 1 aliphatic rings. The third kappa shape index (κ3) is 2.46. The third-order valence-electron chi connectivity index (χ3n) is 3.28. The lowest BCUT2D eigenvalue weighted by Gasteiger charge is -2.11. The minimum absolute atomic E-state index is 0. The highest BCUT2D eigenvalue weighted by atomic mass is 35.5. The number of hydrogen-bond donors (Lipinski definition) is 0. The van der Waals surface area contributed by atoms with E-state index in [1.165, 1.54) is 0 Å². The average molecular weight is 292 g/mol. The second-order valence-electron chi connectivity index (χ2n) is 5.39. The highest BCUT2D eigenvalue weighted by Gasteiger charge is 2.28. The predicted molar refractivity (Wildman–Crippen MR) is 84.3 cm³/mol. The van der Waals surface area contributed by atoms with Crippen molar-refractivity contribution in [3.05, 3.63) is 42.0 Å². The van der Waals surface area contributed by atoms with Crippen molar-refractivity contribution in [1.29, 1.82) is 0 Å². The van der Waals surface area contributed by atoms with Crippen LogP contribution in [-0.4, -0.2) is 25.2 Å². The van der Waals surface area contributed by atoms with Crippen molar-refractivity contribution in [3.8, 4) is 5.75 Å². The van der Waals surface area contributed by atoms with Crippen LogP contribution in [-0.2, 0) is 4.74 Å². The number of halogens is 1. The first-order chi connectivity index (χ1) is 9.11. The van der Waals surface area contributed by atoms with Crippen LogP contribution >= 0.6 is 12.4 Å². The summed E-state index contributed by atoms with van der Waals surface area (Å²) in [6.45, 7) is 4.74. The number of nitrogens with zero attached hydrogens (tertiary/aromatic N) is 1. The van der Waals surface area contributed by atoms with E-state index in [-0.39, 0.29) is 17.9 Å². The van der Waals surface area contributed by atoms with Gasteiger partial charge in [-0.15, -0.1) is 12.4 Å². The van der Waals surface area contributed by atoms with Gasteiger partial charge in [0.1, 0.15) is 12.4 Å². The molecular weight excluding hydrogens is 274 g/mol. The van der Waals surface area contributed by atoms with E-state index in [1.807, 2.05) is 18.2 Å². The molecule has 106 valence electrons. The van der Waals surface area contributed by atoms with Gasteiger partial charge in [0.2, 0.25) is 5.90 Å². The molecule has 1 heterocycles. The van der Waals surface area contributed by atoms with Crippen molar-refractivity contribution in [3.63, 3.8) is 0 Å². The topological polar surface area (TPSA) is 30.8 Å². The van der Waals surface area contributed by atoms with Crippen LogP contribution in [0.4, 0.5) is 0 Å². The quantitative estimate of drug-likeness (QED) is 0.842. The van der Waals surface area contributed by atoms with E-state index in [4.69, 9.17) is 9.47 Å². The smallest absolute Gasteiger partial charge is 0.220 e. The lowest BCUT2D eigenvalue weighted by atomic mass is 10.0. The zero-order chi connectivity index (χ0) is 13.5. The van der Waals surface area contributed by atoms with E-state index < -0.39 is 0 Å². The van der Waals surface area contributed by atoms with Crippen molar-refractivity contribution >= 4 is 29.1 Å². The lowest BCUT2D eigenvalue weighted by Crippen LogP contribution is -2.17. The number of rotatable bonds is 2. The van der Waals surface area contributed by atoms with Crippen molar-refractivity contribution in [1.82, 2.24) is 0 Å². The van der Waals surface area contributed by atoms with Crippen LogP contribution in [0.5, 0.6) is 5.75 Å². The van der Waals surface area contributed by atoms with Crippen LogP contribution in [0.15, 0.2) is 41.4 Å². The zero-order valence-electron chi connectivity index (χ0n) is 11.8. The third-order valence-corrected chi connectivity index (χ3v) is 3.28. The Hall–Kier alpha value is -1.74. The largest absolute Gasteiger partial charge is 0.495 e. The Morgan fingerprint density at radius 1 is 1.15 bits per heavy atom. The fraction of sp³-hybridized carbons (Fsp3) is 0.312. The number of benzene rings is 2. The van der Waals surface area contributed by atoms with Gasteiger partial charge in [-0.2, -0.15) is 0 Å². The second-order valence-corrected chi connectivity index (χ2v) is 5.39. The highest BCUT2D eigenvalue weighted by Crippen LogP contribution is 2.32. The molecule has 3 nitrogen and oxygen atoms in total. The average Bonchev–Trinajstić information content (AvgIpc) is 2.77. The Balaban J connectivity index is 0.00000147. The Morgan fingerprint density at radius 2 is 1.90 bits per heavy atom. The predicted octanol–water partition coefficient (Wildman–Crippen LogP) is 3.83. The fourth-order valence-electron chi connectivity index (χ4n) is 2.35. The molecule has 0 saturated carbocycles. The van der Waals surface area contributed by atoms with Crippen molar-refractivity contribution in [2.75, 3.05) is 13.7 Å². The summed E-state index contributed by atoms with van der Waals surface area (Å²) in [7, 11) is 1.69. The molecule has 0 unspecified atom stereocenters. The van der Waals surface area contributed by atoms with Gasteiger partial charge in [-0.05, 0) is 25.3 Å². The molecule has 3 rings (SSSR count). The number of ether oxygens (including phenoxy) is 2. The fourth-order valence-corrected chi connectivity index (χ4v) is 2.35. The van der Waals surface area contributed by atoms with Gasteiger partial charge in [-0.25, -0.2) is 4.99 Å². The first-order valence-corrected chi connectivity index (χ1v) is 6.39. The summed E-state index contributed by atoms with van der Waals surface area (Å²) in [6.07, 6.45) is 0. The molecule has 0 atom stereocenters.